The lowest BCUT2D eigenvalue weighted by Crippen LogP contribution is -2.26. The summed E-state index contributed by atoms with van der Waals surface area (Å²) in [6.07, 6.45) is 0.530. The van der Waals surface area contributed by atoms with E-state index in [-0.39, 0.29) is 24.8 Å². The highest BCUT2D eigenvalue weighted by Crippen LogP contribution is 2.29. The minimum Gasteiger partial charge on any atom is -0.493 e. The topological polar surface area (TPSA) is 84.9 Å². The van der Waals surface area contributed by atoms with Gasteiger partial charge in [0, 0.05) is 12.8 Å². The van der Waals surface area contributed by atoms with Gasteiger partial charge in [0.15, 0.2) is 11.5 Å². The highest BCUT2D eigenvalue weighted by molar-refractivity contribution is 5.77. The third kappa shape index (κ3) is 5.33. The van der Waals surface area contributed by atoms with Gasteiger partial charge in [-0.15, -0.1) is 0 Å². The summed E-state index contributed by atoms with van der Waals surface area (Å²) in [5, 5.41) is 11.4. The lowest BCUT2D eigenvalue weighted by atomic mass is 10.1. The summed E-state index contributed by atoms with van der Waals surface area (Å²) >= 11 is 0. The van der Waals surface area contributed by atoms with E-state index in [0.717, 1.165) is 5.56 Å². The second kappa shape index (κ2) is 8.14. The summed E-state index contributed by atoms with van der Waals surface area (Å²) in [6, 6.07) is 5.24. The largest absolute Gasteiger partial charge is 0.493 e. The summed E-state index contributed by atoms with van der Waals surface area (Å²) in [6.45, 7) is 1.86. The quantitative estimate of drug-likeness (QED) is 0.767. The molecule has 0 heterocycles. The molecule has 0 saturated carbocycles. The Balaban J connectivity index is 2.60. The third-order valence-electron chi connectivity index (χ3n) is 3.08. The molecule has 6 heteroatoms. The molecule has 0 fully saturated rings. The molecule has 0 radical (unpaired) electrons. The van der Waals surface area contributed by atoms with E-state index in [1.54, 1.807) is 26.4 Å². The number of carboxylic acids is 1. The van der Waals surface area contributed by atoms with Crippen LogP contribution in [0.15, 0.2) is 18.2 Å². The molecule has 0 aliphatic rings. The molecule has 1 atom stereocenters. The van der Waals surface area contributed by atoms with Crippen molar-refractivity contribution in [3.8, 4) is 11.5 Å². The maximum Gasteiger partial charge on any atom is 0.303 e. The van der Waals surface area contributed by atoms with E-state index >= 15 is 0 Å². The number of nitrogens with one attached hydrogen (secondary N) is 1. The van der Waals surface area contributed by atoms with Gasteiger partial charge in [-0.05, 0) is 31.0 Å². The molecule has 0 spiro atoms. The van der Waals surface area contributed by atoms with Crippen molar-refractivity contribution in [1.82, 2.24) is 5.32 Å². The van der Waals surface area contributed by atoms with Crippen LogP contribution in [0.1, 0.15) is 37.8 Å². The van der Waals surface area contributed by atoms with Gasteiger partial charge in [0.05, 0.1) is 20.3 Å². The Hall–Kier alpha value is -2.24. The molecule has 1 aromatic rings. The monoisotopic (exact) mass is 295 g/mol. The van der Waals surface area contributed by atoms with Gasteiger partial charge in [0.1, 0.15) is 0 Å². The molecule has 1 amide bonds. The molecule has 0 bridgehead atoms. The summed E-state index contributed by atoms with van der Waals surface area (Å²) in [5.41, 5.74) is 0.888. The molecule has 116 valence electrons. The zero-order valence-electron chi connectivity index (χ0n) is 12.5. The Morgan fingerprint density at radius 1 is 1.19 bits per heavy atom. The average Bonchev–Trinajstić information content (AvgIpc) is 2.45. The second-order valence-electron chi connectivity index (χ2n) is 4.65. The number of hydrogen-bond donors (Lipinski definition) is 2. The maximum atomic E-state index is 11.7. The van der Waals surface area contributed by atoms with Crippen LogP contribution in [0.5, 0.6) is 11.5 Å². The van der Waals surface area contributed by atoms with Crippen LogP contribution in [-0.2, 0) is 9.59 Å². The van der Waals surface area contributed by atoms with Gasteiger partial charge in [-0.2, -0.15) is 0 Å². The predicted molar refractivity (Wildman–Crippen MR) is 77.6 cm³/mol. The van der Waals surface area contributed by atoms with Crippen molar-refractivity contribution in [2.75, 3.05) is 14.2 Å². The van der Waals surface area contributed by atoms with E-state index < -0.39 is 5.97 Å². The Kier molecular flexibility index (Phi) is 6.52. The van der Waals surface area contributed by atoms with Crippen molar-refractivity contribution in [2.45, 2.75) is 32.2 Å². The van der Waals surface area contributed by atoms with Crippen LogP contribution in [0.4, 0.5) is 0 Å². The minimum absolute atomic E-state index is 0.00183. The number of ether oxygens (including phenoxy) is 2. The van der Waals surface area contributed by atoms with Crippen molar-refractivity contribution in [3.63, 3.8) is 0 Å². The first-order chi connectivity index (χ1) is 9.97. The zero-order valence-corrected chi connectivity index (χ0v) is 12.5. The van der Waals surface area contributed by atoms with Gasteiger partial charge in [0.2, 0.25) is 5.91 Å². The Labute approximate surface area is 124 Å². The standard InChI is InChI=1S/C15H21NO5/c1-10(16-14(17)5-4-6-15(18)19)11-7-8-12(20-2)13(9-11)21-3/h7-10H,4-6H2,1-3H3,(H,16,17)(H,18,19)/t10-/m0/s1. The van der Waals surface area contributed by atoms with Crippen LogP contribution in [0, 0.1) is 0 Å². The number of carboxylic acid groups (broad SMARTS) is 1. The van der Waals surface area contributed by atoms with Gasteiger partial charge >= 0.3 is 5.97 Å². The van der Waals surface area contributed by atoms with Crippen LogP contribution in [0.2, 0.25) is 0 Å². The van der Waals surface area contributed by atoms with Gasteiger partial charge in [-0.3, -0.25) is 9.59 Å². The smallest absolute Gasteiger partial charge is 0.303 e. The first kappa shape index (κ1) is 16.8. The Morgan fingerprint density at radius 2 is 1.86 bits per heavy atom. The number of benzene rings is 1. The van der Waals surface area contributed by atoms with E-state index in [1.165, 1.54) is 0 Å². The van der Waals surface area contributed by atoms with E-state index in [0.29, 0.717) is 17.9 Å². The highest BCUT2D eigenvalue weighted by atomic mass is 16.5. The highest BCUT2D eigenvalue weighted by Gasteiger charge is 2.13. The lowest BCUT2D eigenvalue weighted by Gasteiger charge is -2.16. The number of methoxy groups -OCH3 is 2. The first-order valence-corrected chi connectivity index (χ1v) is 6.71. The molecule has 0 unspecified atom stereocenters. The SMILES string of the molecule is COc1ccc([C@H](C)NC(=O)CCCC(=O)O)cc1OC. The fraction of sp³-hybridized carbons (Fsp3) is 0.467. The van der Waals surface area contributed by atoms with Gasteiger partial charge in [-0.25, -0.2) is 0 Å². The van der Waals surface area contributed by atoms with Crippen LogP contribution < -0.4 is 14.8 Å². The fourth-order valence-corrected chi connectivity index (χ4v) is 1.92. The third-order valence-corrected chi connectivity index (χ3v) is 3.08. The van der Waals surface area contributed by atoms with Crippen LogP contribution >= 0.6 is 0 Å². The number of aliphatic carboxylic acids is 1. The predicted octanol–water partition coefficient (Wildman–Crippen LogP) is 2.14. The summed E-state index contributed by atoms with van der Waals surface area (Å²) in [4.78, 5) is 22.1. The lowest BCUT2D eigenvalue weighted by molar-refractivity contribution is -0.137. The number of carbonyl (C=O) groups excluding carboxylic acids is 1. The average molecular weight is 295 g/mol. The van der Waals surface area contributed by atoms with E-state index in [2.05, 4.69) is 5.32 Å². The molecule has 0 aromatic heterocycles. The van der Waals surface area contributed by atoms with Crippen molar-refractivity contribution in [3.05, 3.63) is 23.8 Å². The number of carbonyl (C=O) groups is 2. The van der Waals surface area contributed by atoms with Gasteiger partial charge < -0.3 is 19.9 Å². The van der Waals surface area contributed by atoms with Crippen LogP contribution in [0.25, 0.3) is 0 Å². The van der Waals surface area contributed by atoms with Crippen molar-refractivity contribution < 1.29 is 24.2 Å². The maximum absolute atomic E-state index is 11.7. The van der Waals surface area contributed by atoms with E-state index in [4.69, 9.17) is 14.6 Å². The number of amides is 1. The zero-order chi connectivity index (χ0) is 15.8. The summed E-state index contributed by atoms with van der Waals surface area (Å²) in [5.74, 6) is 0.164. The number of hydrogen-bond acceptors (Lipinski definition) is 4. The second-order valence-corrected chi connectivity index (χ2v) is 4.65. The van der Waals surface area contributed by atoms with Crippen molar-refractivity contribution >= 4 is 11.9 Å². The van der Waals surface area contributed by atoms with E-state index in [9.17, 15) is 9.59 Å². The molecule has 0 aliphatic heterocycles. The van der Waals surface area contributed by atoms with Crippen molar-refractivity contribution in [2.24, 2.45) is 0 Å². The molecule has 21 heavy (non-hydrogen) atoms. The molecule has 1 rings (SSSR count). The molecule has 2 N–H and O–H groups in total. The molecule has 1 aromatic carbocycles. The minimum atomic E-state index is -0.893. The molecule has 6 nitrogen and oxygen atoms in total. The van der Waals surface area contributed by atoms with Crippen LogP contribution in [-0.4, -0.2) is 31.2 Å². The van der Waals surface area contributed by atoms with Gasteiger partial charge in [0.25, 0.3) is 0 Å². The fourth-order valence-electron chi connectivity index (χ4n) is 1.92. The van der Waals surface area contributed by atoms with E-state index in [1.807, 2.05) is 13.0 Å². The summed E-state index contributed by atoms with van der Waals surface area (Å²) < 4.78 is 10.4. The normalized spacial score (nSPS) is 11.6. The Bertz CT molecular complexity index is 501. The molecular formula is C15H21NO5. The van der Waals surface area contributed by atoms with Crippen LogP contribution in [0.3, 0.4) is 0 Å². The van der Waals surface area contributed by atoms with Gasteiger partial charge in [-0.1, -0.05) is 6.07 Å². The summed E-state index contributed by atoms with van der Waals surface area (Å²) in [7, 11) is 3.11. The Morgan fingerprint density at radius 3 is 2.43 bits per heavy atom. The molecular weight excluding hydrogens is 274 g/mol. The molecule has 0 aliphatic carbocycles. The molecule has 0 saturated heterocycles. The first-order valence-electron chi connectivity index (χ1n) is 6.71. The van der Waals surface area contributed by atoms with Crippen molar-refractivity contribution in [1.29, 1.82) is 0 Å². The number of rotatable bonds is 8.